The third-order valence-corrected chi connectivity index (χ3v) is 3.58. The second-order valence-electron chi connectivity index (χ2n) is 5.15. The van der Waals surface area contributed by atoms with Gasteiger partial charge < -0.3 is 10.6 Å². The van der Waals surface area contributed by atoms with Crippen molar-refractivity contribution in [3.8, 4) is 0 Å². The molecule has 0 bridgehead atoms. The zero-order valence-electron chi connectivity index (χ0n) is 11.4. The maximum absolute atomic E-state index is 13.2. The number of carbonyl (C=O) groups is 1. The average Bonchev–Trinajstić information content (AvgIpc) is 2.41. The van der Waals surface area contributed by atoms with Crippen molar-refractivity contribution in [2.24, 2.45) is 0 Å². The minimum atomic E-state index is -0.432. The molecule has 1 fully saturated rings. The van der Waals surface area contributed by atoms with Crippen LogP contribution in [0.4, 0.5) is 10.1 Å². The molecule has 5 heteroatoms. The van der Waals surface area contributed by atoms with Crippen LogP contribution in [0, 0.1) is 5.82 Å². The quantitative estimate of drug-likeness (QED) is 0.826. The minimum absolute atomic E-state index is 0.180. The Morgan fingerprint density at radius 2 is 1.89 bits per heavy atom. The Morgan fingerprint density at radius 3 is 2.47 bits per heavy atom. The molecule has 1 amide bonds. The molecule has 1 saturated heterocycles. The van der Waals surface area contributed by atoms with E-state index in [1.165, 1.54) is 18.2 Å². The van der Waals surface area contributed by atoms with Crippen LogP contribution in [-0.2, 0) is 0 Å². The van der Waals surface area contributed by atoms with Gasteiger partial charge in [0.15, 0.2) is 0 Å². The van der Waals surface area contributed by atoms with Crippen LogP contribution in [0.3, 0.4) is 0 Å². The van der Waals surface area contributed by atoms with E-state index in [9.17, 15) is 9.18 Å². The predicted octanol–water partition coefficient (Wildman–Crippen LogP) is 1.57. The highest BCUT2D eigenvalue weighted by Crippen LogP contribution is 2.17. The van der Waals surface area contributed by atoms with Crippen LogP contribution in [0.15, 0.2) is 18.2 Å². The summed E-state index contributed by atoms with van der Waals surface area (Å²) in [7, 11) is 0. The molecule has 104 valence electrons. The lowest BCUT2D eigenvalue weighted by Gasteiger charge is -2.37. The van der Waals surface area contributed by atoms with E-state index in [1.807, 2.05) is 0 Å². The summed E-state index contributed by atoms with van der Waals surface area (Å²) in [5.74, 6) is -0.612. The number of nitrogen functional groups attached to an aromatic ring is 1. The fraction of sp³-hybridized carbons (Fsp3) is 0.500. The van der Waals surface area contributed by atoms with Crippen molar-refractivity contribution in [1.29, 1.82) is 0 Å². The number of amides is 1. The standard InChI is InChI=1S/C14H20FN3O/c1-10(2)17-5-7-18(8-6-17)14(19)12-9-11(15)3-4-13(12)16/h3-4,9-10H,5-8,16H2,1-2H3. The molecular weight excluding hydrogens is 245 g/mol. The predicted molar refractivity (Wildman–Crippen MR) is 73.4 cm³/mol. The second kappa shape index (κ2) is 5.57. The molecule has 1 heterocycles. The second-order valence-corrected chi connectivity index (χ2v) is 5.15. The molecule has 0 aliphatic carbocycles. The molecule has 1 aliphatic heterocycles. The van der Waals surface area contributed by atoms with Gasteiger partial charge in [0, 0.05) is 37.9 Å². The first-order valence-electron chi connectivity index (χ1n) is 6.57. The van der Waals surface area contributed by atoms with Gasteiger partial charge in [-0.05, 0) is 32.0 Å². The normalized spacial score (nSPS) is 16.9. The van der Waals surface area contributed by atoms with Crippen LogP contribution in [-0.4, -0.2) is 47.9 Å². The van der Waals surface area contributed by atoms with E-state index >= 15 is 0 Å². The lowest BCUT2D eigenvalue weighted by Crippen LogP contribution is -2.50. The van der Waals surface area contributed by atoms with Crippen LogP contribution >= 0.6 is 0 Å². The van der Waals surface area contributed by atoms with Crippen molar-refractivity contribution in [2.75, 3.05) is 31.9 Å². The van der Waals surface area contributed by atoms with Gasteiger partial charge in [0.2, 0.25) is 0 Å². The van der Waals surface area contributed by atoms with Gasteiger partial charge in [-0.1, -0.05) is 0 Å². The van der Waals surface area contributed by atoms with E-state index in [-0.39, 0.29) is 11.5 Å². The highest BCUT2D eigenvalue weighted by Gasteiger charge is 2.24. The number of hydrogen-bond acceptors (Lipinski definition) is 3. The summed E-state index contributed by atoms with van der Waals surface area (Å²) in [6.07, 6.45) is 0. The number of rotatable bonds is 2. The van der Waals surface area contributed by atoms with Crippen LogP contribution in [0.25, 0.3) is 0 Å². The molecule has 2 N–H and O–H groups in total. The number of nitrogens with zero attached hydrogens (tertiary/aromatic N) is 2. The molecule has 1 aliphatic rings. The Labute approximate surface area is 113 Å². The van der Waals surface area contributed by atoms with Crippen LogP contribution < -0.4 is 5.73 Å². The number of hydrogen-bond donors (Lipinski definition) is 1. The topological polar surface area (TPSA) is 49.6 Å². The summed E-state index contributed by atoms with van der Waals surface area (Å²) in [5.41, 5.74) is 6.34. The lowest BCUT2D eigenvalue weighted by atomic mass is 10.1. The summed E-state index contributed by atoms with van der Waals surface area (Å²) in [6, 6.07) is 4.40. The van der Waals surface area contributed by atoms with E-state index in [2.05, 4.69) is 18.7 Å². The Bertz CT molecular complexity index is 468. The molecular formula is C14H20FN3O. The van der Waals surface area contributed by atoms with Crippen molar-refractivity contribution in [2.45, 2.75) is 19.9 Å². The third-order valence-electron chi connectivity index (χ3n) is 3.58. The minimum Gasteiger partial charge on any atom is -0.398 e. The van der Waals surface area contributed by atoms with Crippen molar-refractivity contribution in [1.82, 2.24) is 9.80 Å². The lowest BCUT2D eigenvalue weighted by molar-refractivity contribution is 0.0596. The first kappa shape index (κ1) is 13.8. The van der Waals surface area contributed by atoms with E-state index in [4.69, 9.17) is 5.73 Å². The number of piperazine rings is 1. The molecule has 2 rings (SSSR count). The molecule has 0 spiro atoms. The van der Waals surface area contributed by atoms with Gasteiger partial charge in [-0.25, -0.2) is 4.39 Å². The monoisotopic (exact) mass is 265 g/mol. The maximum atomic E-state index is 13.2. The summed E-state index contributed by atoms with van der Waals surface area (Å²) >= 11 is 0. The smallest absolute Gasteiger partial charge is 0.256 e. The summed E-state index contributed by atoms with van der Waals surface area (Å²) in [6.45, 7) is 7.29. The molecule has 0 atom stereocenters. The van der Waals surface area contributed by atoms with Crippen LogP contribution in [0.5, 0.6) is 0 Å². The highest BCUT2D eigenvalue weighted by atomic mass is 19.1. The number of carbonyl (C=O) groups excluding carboxylic acids is 1. The summed E-state index contributed by atoms with van der Waals surface area (Å²) < 4.78 is 13.2. The SMILES string of the molecule is CC(C)N1CCN(C(=O)c2cc(F)ccc2N)CC1. The van der Waals surface area contributed by atoms with Gasteiger partial charge >= 0.3 is 0 Å². The Hall–Kier alpha value is -1.62. The van der Waals surface area contributed by atoms with Gasteiger partial charge in [0.05, 0.1) is 5.56 Å². The summed E-state index contributed by atoms with van der Waals surface area (Å²) in [5, 5.41) is 0. The van der Waals surface area contributed by atoms with E-state index in [1.54, 1.807) is 4.90 Å². The fourth-order valence-corrected chi connectivity index (χ4v) is 2.33. The van der Waals surface area contributed by atoms with Crippen LogP contribution in [0.2, 0.25) is 0 Å². The van der Waals surface area contributed by atoms with Crippen LogP contribution in [0.1, 0.15) is 24.2 Å². The molecule has 19 heavy (non-hydrogen) atoms. The Morgan fingerprint density at radius 1 is 1.26 bits per heavy atom. The molecule has 0 unspecified atom stereocenters. The fourth-order valence-electron chi connectivity index (χ4n) is 2.33. The van der Waals surface area contributed by atoms with Gasteiger partial charge in [-0.2, -0.15) is 0 Å². The van der Waals surface area contributed by atoms with E-state index < -0.39 is 5.82 Å². The molecule has 0 aromatic heterocycles. The summed E-state index contributed by atoms with van der Waals surface area (Å²) in [4.78, 5) is 16.4. The van der Waals surface area contributed by atoms with Gasteiger partial charge in [-0.3, -0.25) is 9.69 Å². The largest absolute Gasteiger partial charge is 0.398 e. The molecule has 0 saturated carbocycles. The van der Waals surface area contributed by atoms with Crippen molar-refractivity contribution < 1.29 is 9.18 Å². The maximum Gasteiger partial charge on any atom is 0.256 e. The zero-order chi connectivity index (χ0) is 14.0. The first-order chi connectivity index (χ1) is 8.99. The number of anilines is 1. The van der Waals surface area contributed by atoms with Gasteiger partial charge in [-0.15, -0.1) is 0 Å². The highest BCUT2D eigenvalue weighted by molar-refractivity contribution is 5.99. The van der Waals surface area contributed by atoms with Crippen molar-refractivity contribution in [3.63, 3.8) is 0 Å². The Balaban J connectivity index is 2.07. The van der Waals surface area contributed by atoms with Gasteiger partial charge in [0.25, 0.3) is 5.91 Å². The van der Waals surface area contributed by atoms with Crippen molar-refractivity contribution >= 4 is 11.6 Å². The molecule has 1 aromatic carbocycles. The van der Waals surface area contributed by atoms with Gasteiger partial charge in [0.1, 0.15) is 5.82 Å². The molecule has 0 radical (unpaired) electrons. The van der Waals surface area contributed by atoms with E-state index in [0.29, 0.717) is 24.8 Å². The zero-order valence-corrected chi connectivity index (χ0v) is 11.4. The molecule has 4 nitrogen and oxygen atoms in total. The number of nitrogens with two attached hydrogens (primary N) is 1. The number of benzene rings is 1. The third kappa shape index (κ3) is 3.04. The first-order valence-corrected chi connectivity index (χ1v) is 6.57. The average molecular weight is 265 g/mol. The molecule has 1 aromatic rings. The Kier molecular flexibility index (Phi) is 4.04. The van der Waals surface area contributed by atoms with Crippen molar-refractivity contribution in [3.05, 3.63) is 29.6 Å². The number of halogens is 1. The van der Waals surface area contributed by atoms with E-state index in [0.717, 1.165) is 13.1 Å².